The standard InChI is InChI=1S/C24H31NO4S/c1-6-28-24(27)22-21-16(5)8-7-9-19(21)30-23(22)25-20(26)13-29-18-12-15(4)10-11-17(18)14(2)3/h10-12,14,16H,6-9,13H2,1-5H3,(H,25,26). The molecule has 1 aromatic carbocycles. The highest BCUT2D eigenvalue weighted by Gasteiger charge is 2.30. The van der Waals surface area contributed by atoms with Crippen molar-refractivity contribution < 1.29 is 19.1 Å². The van der Waals surface area contributed by atoms with Crippen LogP contribution in [0.1, 0.15) is 84.3 Å². The molecule has 6 heteroatoms. The predicted molar refractivity (Wildman–Crippen MR) is 121 cm³/mol. The first kappa shape index (κ1) is 22.3. The summed E-state index contributed by atoms with van der Waals surface area (Å²) in [6.07, 6.45) is 3.07. The van der Waals surface area contributed by atoms with E-state index in [1.807, 2.05) is 25.1 Å². The highest BCUT2D eigenvalue weighted by molar-refractivity contribution is 7.17. The number of hydrogen-bond acceptors (Lipinski definition) is 5. The molecule has 1 aliphatic rings. The molecule has 1 amide bonds. The lowest BCUT2D eigenvalue weighted by atomic mass is 9.86. The van der Waals surface area contributed by atoms with Crippen LogP contribution in [0.25, 0.3) is 0 Å². The van der Waals surface area contributed by atoms with Gasteiger partial charge < -0.3 is 14.8 Å². The minimum Gasteiger partial charge on any atom is -0.483 e. The zero-order valence-electron chi connectivity index (χ0n) is 18.5. The fraction of sp³-hybridized carbons (Fsp3) is 0.500. The molecule has 1 aliphatic carbocycles. The van der Waals surface area contributed by atoms with Gasteiger partial charge in [-0.3, -0.25) is 4.79 Å². The van der Waals surface area contributed by atoms with E-state index in [0.29, 0.717) is 23.1 Å². The van der Waals surface area contributed by atoms with E-state index >= 15 is 0 Å². The number of ether oxygens (including phenoxy) is 2. The van der Waals surface area contributed by atoms with E-state index in [1.54, 1.807) is 6.92 Å². The molecule has 1 N–H and O–H groups in total. The SMILES string of the molecule is CCOC(=O)c1c(NC(=O)COc2cc(C)ccc2C(C)C)sc2c1C(C)CCC2. The third kappa shape index (κ3) is 4.86. The van der Waals surface area contributed by atoms with Crippen LogP contribution in [0.5, 0.6) is 5.75 Å². The molecule has 0 fully saturated rings. The number of carbonyl (C=O) groups excluding carboxylic acids is 2. The molecule has 0 saturated carbocycles. The van der Waals surface area contributed by atoms with Crippen molar-refractivity contribution in [3.05, 3.63) is 45.3 Å². The van der Waals surface area contributed by atoms with Crippen LogP contribution in [0.15, 0.2) is 18.2 Å². The number of fused-ring (bicyclic) bond motifs is 1. The zero-order valence-corrected chi connectivity index (χ0v) is 19.3. The van der Waals surface area contributed by atoms with E-state index in [4.69, 9.17) is 9.47 Å². The largest absolute Gasteiger partial charge is 0.483 e. The van der Waals surface area contributed by atoms with Crippen LogP contribution in [0.3, 0.4) is 0 Å². The summed E-state index contributed by atoms with van der Waals surface area (Å²) in [6.45, 7) is 10.3. The second-order valence-corrected chi connectivity index (χ2v) is 9.29. The van der Waals surface area contributed by atoms with Crippen molar-refractivity contribution in [3.8, 4) is 5.75 Å². The molecule has 1 aromatic heterocycles. The molecule has 0 bridgehead atoms. The number of esters is 1. The average Bonchev–Trinajstić information content (AvgIpc) is 3.05. The molecule has 0 saturated heterocycles. The van der Waals surface area contributed by atoms with Gasteiger partial charge in [0.2, 0.25) is 0 Å². The third-order valence-corrected chi connectivity index (χ3v) is 6.62. The molecule has 0 spiro atoms. The highest BCUT2D eigenvalue weighted by atomic mass is 32.1. The third-order valence-electron chi connectivity index (χ3n) is 5.44. The van der Waals surface area contributed by atoms with Gasteiger partial charge in [-0.05, 0) is 67.7 Å². The summed E-state index contributed by atoms with van der Waals surface area (Å²) in [5.41, 5.74) is 3.72. The van der Waals surface area contributed by atoms with Gasteiger partial charge in [0.05, 0.1) is 12.2 Å². The van der Waals surface area contributed by atoms with Crippen LogP contribution in [0, 0.1) is 6.92 Å². The average molecular weight is 430 g/mol. The number of rotatable bonds is 7. The number of hydrogen-bond donors (Lipinski definition) is 1. The Morgan fingerprint density at radius 1 is 1.30 bits per heavy atom. The molecule has 2 aromatic rings. The maximum absolute atomic E-state index is 12.7. The van der Waals surface area contributed by atoms with Crippen LogP contribution >= 0.6 is 11.3 Å². The lowest BCUT2D eigenvalue weighted by molar-refractivity contribution is -0.118. The molecule has 30 heavy (non-hydrogen) atoms. The van der Waals surface area contributed by atoms with E-state index in [-0.39, 0.29) is 24.4 Å². The summed E-state index contributed by atoms with van der Waals surface area (Å²) in [6, 6.07) is 6.05. The summed E-state index contributed by atoms with van der Waals surface area (Å²) >= 11 is 1.49. The Bertz CT molecular complexity index is 932. The first-order chi connectivity index (χ1) is 14.3. The quantitative estimate of drug-likeness (QED) is 0.564. The molecule has 162 valence electrons. The van der Waals surface area contributed by atoms with Gasteiger partial charge in [-0.25, -0.2) is 4.79 Å². The lowest BCUT2D eigenvalue weighted by Crippen LogP contribution is -2.22. The highest BCUT2D eigenvalue weighted by Crippen LogP contribution is 2.43. The van der Waals surface area contributed by atoms with Crippen LogP contribution in [-0.2, 0) is 16.0 Å². The second-order valence-electron chi connectivity index (χ2n) is 8.19. The first-order valence-electron chi connectivity index (χ1n) is 10.7. The smallest absolute Gasteiger partial charge is 0.341 e. The van der Waals surface area contributed by atoms with Crippen molar-refractivity contribution in [3.63, 3.8) is 0 Å². The molecule has 0 radical (unpaired) electrons. The van der Waals surface area contributed by atoms with Gasteiger partial charge in [0.15, 0.2) is 6.61 Å². The Morgan fingerprint density at radius 2 is 2.07 bits per heavy atom. The van der Waals surface area contributed by atoms with Crippen molar-refractivity contribution >= 4 is 28.2 Å². The molecule has 1 unspecified atom stereocenters. The van der Waals surface area contributed by atoms with Gasteiger partial charge in [0.25, 0.3) is 5.91 Å². The number of thiophene rings is 1. The van der Waals surface area contributed by atoms with Crippen molar-refractivity contribution in [2.45, 2.75) is 65.7 Å². The Labute approximate surface area is 182 Å². The Morgan fingerprint density at radius 3 is 2.77 bits per heavy atom. The predicted octanol–water partition coefficient (Wildman–Crippen LogP) is 5.81. The Balaban J connectivity index is 1.79. The molecule has 3 rings (SSSR count). The van der Waals surface area contributed by atoms with E-state index in [9.17, 15) is 9.59 Å². The van der Waals surface area contributed by atoms with Gasteiger partial charge in [0.1, 0.15) is 10.8 Å². The van der Waals surface area contributed by atoms with Crippen molar-refractivity contribution in [1.29, 1.82) is 0 Å². The number of aryl methyl sites for hydroxylation is 2. The summed E-state index contributed by atoms with van der Waals surface area (Å²) < 4.78 is 11.2. The topological polar surface area (TPSA) is 64.6 Å². The molecule has 0 aliphatic heterocycles. The molecular formula is C24H31NO4S. The van der Waals surface area contributed by atoms with E-state index in [1.165, 1.54) is 16.2 Å². The van der Waals surface area contributed by atoms with E-state index in [0.717, 1.165) is 41.7 Å². The summed E-state index contributed by atoms with van der Waals surface area (Å²) in [5, 5.41) is 3.49. The van der Waals surface area contributed by atoms with Crippen LogP contribution in [0.2, 0.25) is 0 Å². The maximum Gasteiger partial charge on any atom is 0.341 e. The molecule has 1 atom stereocenters. The normalized spacial score (nSPS) is 15.6. The number of anilines is 1. The number of amides is 1. The molecular weight excluding hydrogens is 398 g/mol. The maximum atomic E-state index is 12.7. The summed E-state index contributed by atoms with van der Waals surface area (Å²) in [7, 11) is 0. The van der Waals surface area contributed by atoms with Gasteiger partial charge in [0, 0.05) is 4.88 Å². The monoisotopic (exact) mass is 429 g/mol. The first-order valence-corrected chi connectivity index (χ1v) is 11.5. The fourth-order valence-corrected chi connectivity index (χ4v) is 5.32. The molecule has 5 nitrogen and oxygen atoms in total. The van der Waals surface area contributed by atoms with Gasteiger partial charge in [-0.2, -0.15) is 0 Å². The van der Waals surface area contributed by atoms with E-state index in [2.05, 4.69) is 26.1 Å². The summed E-state index contributed by atoms with van der Waals surface area (Å²) in [4.78, 5) is 26.5. The number of carbonyl (C=O) groups is 2. The van der Waals surface area contributed by atoms with Crippen LogP contribution in [-0.4, -0.2) is 25.1 Å². The Kier molecular flexibility index (Phi) is 7.19. The fourth-order valence-electron chi connectivity index (χ4n) is 3.95. The number of benzene rings is 1. The van der Waals surface area contributed by atoms with Crippen LogP contribution < -0.4 is 10.1 Å². The summed E-state index contributed by atoms with van der Waals surface area (Å²) in [5.74, 6) is 0.672. The van der Waals surface area contributed by atoms with Crippen molar-refractivity contribution in [1.82, 2.24) is 0 Å². The zero-order chi connectivity index (χ0) is 21.8. The Hall–Kier alpha value is -2.34. The van der Waals surface area contributed by atoms with Gasteiger partial charge >= 0.3 is 5.97 Å². The van der Waals surface area contributed by atoms with Crippen LogP contribution in [0.4, 0.5) is 5.00 Å². The lowest BCUT2D eigenvalue weighted by Gasteiger charge is -2.19. The minimum atomic E-state index is -0.360. The second kappa shape index (κ2) is 9.65. The van der Waals surface area contributed by atoms with Gasteiger partial charge in [-0.1, -0.05) is 32.9 Å². The van der Waals surface area contributed by atoms with E-state index < -0.39 is 0 Å². The molecule has 1 heterocycles. The van der Waals surface area contributed by atoms with Gasteiger partial charge in [-0.15, -0.1) is 11.3 Å². The van der Waals surface area contributed by atoms with Crippen molar-refractivity contribution in [2.24, 2.45) is 0 Å². The number of nitrogens with one attached hydrogen (secondary N) is 1. The minimum absolute atomic E-state index is 0.108. The van der Waals surface area contributed by atoms with Crippen molar-refractivity contribution in [2.75, 3.05) is 18.5 Å².